The molecule has 1 saturated heterocycles. The summed E-state index contributed by atoms with van der Waals surface area (Å²) >= 11 is 0. The van der Waals surface area contributed by atoms with E-state index >= 15 is 0 Å². The number of rotatable bonds is 4. The van der Waals surface area contributed by atoms with Crippen LogP contribution in [0.5, 0.6) is 0 Å². The van der Waals surface area contributed by atoms with E-state index in [1.807, 2.05) is 25.4 Å². The van der Waals surface area contributed by atoms with Crippen molar-refractivity contribution in [2.24, 2.45) is 0 Å². The van der Waals surface area contributed by atoms with Crippen molar-refractivity contribution in [1.82, 2.24) is 14.5 Å². The molecule has 7 nitrogen and oxygen atoms in total. The molecule has 1 aromatic carbocycles. The molecule has 2 N–H and O–H groups in total. The number of benzene rings is 1. The van der Waals surface area contributed by atoms with Gasteiger partial charge in [-0.15, -0.1) is 0 Å². The summed E-state index contributed by atoms with van der Waals surface area (Å²) in [5.41, 5.74) is 2.10. The third kappa shape index (κ3) is 4.02. The van der Waals surface area contributed by atoms with Crippen LogP contribution in [-0.2, 0) is 10.0 Å². The number of nitrogens with one attached hydrogen (secondary N) is 1. The van der Waals surface area contributed by atoms with Crippen LogP contribution in [0.25, 0.3) is 5.57 Å². The Morgan fingerprint density at radius 1 is 1.28 bits per heavy atom. The second kappa shape index (κ2) is 6.89. The Morgan fingerprint density at radius 3 is 2.60 bits per heavy atom. The van der Waals surface area contributed by atoms with Gasteiger partial charge in [-0.1, -0.05) is 18.2 Å². The zero-order chi connectivity index (χ0) is 18.0. The van der Waals surface area contributed by atoms with Gasteiger partial charge in [0.05, 0.1) is 4.90 Å². The summed E-state index contributed by atoms with van der Waals surface area (Å²) in [5.74, 6) is 0. The van der Waals surface area contributed by atoms with Crippen molar-refractivity contribution in [2.75, 3.05) is 26.7 Å². The number of likely N-dealkylation sites (N-methyl/N-ethyl adjacent to an activating group) is 1. The van der Waals surface area contributed by atoms with Gasteiger partial charge in [0.15, 0.2) is 0 Å². The van der Waals surface area contributed by atoms with Crippen molar-refractivity contribution >= 4 is 21.7 Å². The number of sulfonamides is 1. The van der Waals surface area contributed by atoms with Crippen molar-refractivity contribution < 1.29 is 18.3 Å². The summed E-state index contributed by atoms with van der Waals surface area (Å²) in [5, 5.41) is 8.95. The third-order valence-corrected chi connectivity index (χ3v) is 5.91. The summed E-state index contributed by atoms with van der Waals surface area (Å²) in [6.45, 7) is 1.29. The molecule has 8 heteroatoms. The van der Waals surface area contributed by atoms with E-state index < -0.39 is 16.1 Å². The average Bonchev–Trinajstić information content (AvgIpc) is 3.03. The number of likely N-dealkylation sites (tertiary alicyclic amines) is 1. The summed E-state index contributed by atoms with van der Waals surface area (Å²) < 4.78 is 27.6. The van der Waals surface area contributed by atoms with Crippen molar-refractivity contribution in [1.29, 1.82) is 0 Å². The van der Waals surface area contributed by atoms with Crippen LogP contribution in [0.4, 0.5) is 4.79 Å². The molecule has 134 valence electrons. The molecular formula is C17H21N3O4S. The minimum atomic E-state index is -3.66. The topological polar surface area (TPSA) is 90.0 Å². The average molecular weight is 363 g/mol. The molecule has 2 aliphatic rings. The van der Waals surface area contributed by atoms with Crippen LogP contribution in [0.1, 0.15) is 12.0 Å². The second-order valence-electron chi connectivity index (χ2n) is 6.31. The van der Waals surface area contributed by atoms with Crippen molar-refractivity contribution in [3.63, 3.8) is 0 Å². The maximum absolute atomic E-state index is 12.5. The van der Waals surface area contributed by atoms with Crippen LogP contribution < -0.4 is 4.72 Å². The zero-order valence-corrected chi connectivity index (χ0v) is 14.7. The van der Waals surface area contributed by atoms with Crippen LogP contribution in [0.2, 0.25) is 0 Å². The fourth-order valence-electron chi connectivity index (χ4n) is 3.03. The highest BCUT2D eigenvalue weighted by molar-refractivity contribution is 7.89. The molecule has 0 unspecified atom stereocenters. The molecule has 1 aromatic rings. The normalized spacial score (nSPS) is 20.7. The van der Waals surface area contributed by atoms with E-state index in [0.717, 1.165) is 17.7 Å². The van der Waals surface area contributed by atoms with Gasteiger partial charge in [0.2, 0.25) is 10.0 Å². The lowest BCUT2D eigenvalue weighted by atomic mass is 10.0. The van der Waals surface area contributed by atoms with Gasteiger partial charge in [-0.3, -0.25) is 0 Å². The summed E-state index contributed by atoms with van der Waals surface area (Å²) in [6, 6.07) is 6.37. The van der Waals surface area contributed by atoms with Gasteiger partial charge < -0.3 is 14.9 Å². The van der Waals surface area contributed by atoms with E-state index in [0.29, 0.717) is 13.0 Å². The van der Waals surface area contributed by atoms with Crippen LogP contribution in [-0.4, -0.2) is 62.1 Å². The molecule has 0 aliphatic carbocycles. The first-order valence-electron chi connectivity index (χ1n) is 8.03. The van der Waals surface area contributed by atoms with Crippen molar-refractivity contribution in [3.8, 4) is 0 Å². The molecule has 0 aromatic heterocycles. The predicted octanol–water partition coefficient (Wildman–Crippen LogP) is 1.56. The maximum atomic E-state index is 12.5. The first kappa shape index (κ1) is 17.5. The lowest BCUT2D eigenvalue weighted by Crippen LogP contribution is -2.38. The molecule has 0 saturated carbocycles. The first-order chi connectivity index (χ1) is 11.8. The Hall–Kier alpha value is -2.32. The van der Waals surface area contributed by atoms with Crippen molar-refractivity contribution in [2.45, 2.75) is 17.4 Å². The molecule has 25 heavy (non-hydrogen) atoms. The molecule has 0 spiro atoms. The van der Waals surface area contributed by atoms with Gasteiger partial charge in [0.1, 0.15) is 0 Å². The molecule has 1 amide bonds. The Kier molecular flexibility index (Phi) is 4.82. The summed E-state index contributed by atoms with van der Waals surface area (Å²) in [6.07, 6.45) is 5.41. The second-order valence-corrected chi connectivity index (χ2v) is 8.02. The highest BCUT2D eigenvalue weighted by atomic mass is 32.2. The fraction of sp³-hybridized carbons (Fsp3) is 0.353. The van der Waals surface area contributed by atoms with E-state index in [-0.39, 0.29) is 17.5 Å². The number of hydrogen-bond donors (Lipinski definition) is 2. The van der Waals surface area contributed by atoms with Gasteiger partial charge in [0.25, 0.3) is 0 Å². The molecule has 3 rings (SSSR count). The minimum Gasteiger partial charge on any atom is -0.465 e. The highest BCUT2D eigenvalue weighted by Gasteiger charge is 2.29. The first-order valence-corrected chi connectivity index (χ1v) is 9.52. The largest absolute Gasteiger partial charge is 0.465 e. The number of hydrogen-bond acceptors (Lipinski definition) is 4. The van der Waals surface area contributed by atoms with Gasteiger partial charge in [-0.25, -0.2) is 17.9 Å². The predicted molar refractivity (Wildman–Crippen MR) is 94.5 cm³/mol. The molecule has 2 heterocycles. The van der Waals surface area contributed by atoms with E-state index in [1.165, 1.54) is 4.90 Å². The smallest absolute Gasteiger partial charge is 0.407 e. The highest BCUT2D eigenvalue weighted by Crippen LogP contribution is 2.21. The Labute approximate surface area is 147 Å². The van der Waals surface area contributed by atoms with Gasteiger partial charge >= 0.3 is 6.09 Å². The lowest BCUT2D eigenvalue weighted by molar-refractivity contribution is 0.155. The maximum Gasteiger partial charge on any atom is 0.407 e. The molecule has 0 bridgehead atoms. The van der Waals surface area contributed by atoms with E-state index in [4.69, 9.17) is 5.11 Å². The zero-order valence-electron chi connectivity index (χ0n) is 13.9. The quantitative estimate of drug-likeness (QED) is 0.847. The molecule has 1 fully saturated rings. The number of carboxylic acid groups (broad SMARTS) is 1. The van der Waals surface area contributed by atoms with Gasteiger partial charge in [-0.05, 0) is 42.0 Å². The van der Waals surface area contributed by atoms with Gasteiger partial charge in [0, 0.05) is 32.7 Å². The van der Waals surface area contributed by atoms with E-state index in [9.17, 15) is 13.2 Å². The fourth-order valence-corrected chi connectivity index (χ4v) is 4.30. The van der Waals surface area contributed by atoms with Crippen LogP contribution in [0.15, 0.2) is 47.5 Å². The van der Waals surface area contributed by atoms with Crippen LogP contribution in [0, 0.1) is 0 Å². The van der Waals surface area contributed by atoms with Crippen LogP contribution >= 0.6 is 0 Å². The number of nitrogens with zero attached hydrogens (tertiary/aromatic N) is 2. The Morgan fingerprint density at radius 2 is 2.00 bits per heavy atom. The Bertz CT molecular complexity index is 815. The lowest BCUT2D eigenvalue weighted by Gasteiger charge is -2.20. The summed E-state index contributed by atoms with van der Waals surface area (Å²) in [7, 11) is -1.68. The number of allylic oxidation sites excluding steroid dienone is 2. The van der Waals surface area contributed by atoms with Gasteiger partial charge in [-0.2, -0.15) is 0 Å². The SMILES string of the molecule is CN1C=CC=C(c2ccc(S(=O)(=O)N[C@@H]3CCN(C(=O)O)C3)cc2)C1. The standard InChI is InChI=1S/C17H21N3O4S/c1-19-9-2-3-14(11-19)13-4-6-16(7-5-13)25(23,24)18-15-8-10-20(12-15)17(21)22/h2-7,9,15,18H,8,10-12H2,1H3,(H,21,22)/t15-/m1/s1. The van der Waals surface area contributed by atoms with E-state index in [1.54, 1.807) is 24.3 Å². The molecule has 2 aliphatic heterocycles. The van der Waals surface area contributed by atoms with Crippen LogP contribution in [0.3, 0.4) is 0 Å². The Balaban J connectivity index is 1.70. The molecular weight excluding hydrogens is 342 g/mol. The molecule has 1 atom stereocenters. The monoisotopic (exact) mass is 363 g/mol. The summed E-state index contributed by atoms with van der Waals surface area (Å²) in [4.78, 5) is 14.4. The number of amides is 1. The molecule has 0 radical (unpaired) electrons. The third-order valence-electron chi connectivity index (χ3n) is 4.37. The van der Waals surface area contributed by atoms with Crippen molar-refractivity contribution in [3.05, 3.63) is 48.2 Å². The minimum absolute atomic E-state index is 0.179. The number of carbonyl (C=O) groups is 1. The van der Waals surface area contributed by atoms with E-state index in [2.05, 4.69) is 9.62 Å².